The fourth-order valence-electron chi connectivity index (χ4n) is 2.22. The van der Waals surface area contributed by atoms with Crippen LogP contribution in [0.15, 0.2) is 12.5 Å². The van der Waals surface area contributed by atoms with Gasteiger partial charge in [0.1, 0.15) is 10.8 Å². The molecule has 3 rings (SSSR count). The van der Waals surface area contributed by atoms with Gasteiger partial charge in [-0.3, -0.25) is 0 Å². The summed E-state index contributed by atoms with van der Waals surface area (Å²) in [4.78, 5) is 13.4. The van der Waals surface area contributed by atoms with E-state index in [2.05, 4.69) is 51.0 Å². The Morgan fingerprint density at radius 3 is 2.80 bits per heavy atom. The van der Waals surface area contributed by atoms with Crippen LogP contribution in [0.2, 0.25) is 5.15 Å². The summed E-state index contributed by atoms with van der Waals surface area (Å²) >= 11 is 8.51. The number of hydrogen-bond donors (Lipinski definition) is 0. The molecule has 0 radical (unpaired) electrons. The van der Waals surface area contributed by atoms with Crippen LogP contribution in [0.3, 0.4) is 0 Å². The molecule has 0 aromatic carbocycles. The van der Waals surface area contributed by atoms with Crippen LogP contribution in [-0.4, -0.2) is 19.5 Å². The van der Waals surface area contributed by atoms with Gasteiger partial charge in [0.15, 0.2) is 5.82 Å². The highest BCUT2D eigenvalue weighted by Crippen LogP contribution is 2.38. The summed E-state index contributed by atoms with van der Waals surface area (Å²) in [6.45, 7) is 4.36. The van der Waals surface area contributed by atoms with E-state index < -0.39 is 0 Å². The van der Waals surface area contributed by atoms with Crippen LogP contribution >= 0.6 is 34.2 Å². The number of hydrogen-bond acceptors (Lipinski definition) is 3. The lowest BCUT2D eigenvalue weighted by Gasteiger charge is -2.11. The largest absolute Gasteiger partial charge is 0.325 e. The maximum absolute atomic E-state index is 6.28. The Kier molecular flexibility index (Phi) is 3.99. The summed E-state index contributed by atoms with van der Waals surface area (Å²) < 4.78 is 3.12. The van der Waals surface area contributed by atoms with Crippen molar-refractivity contribution in [1.29, 1.82) is 0 Å². The topological polar surface area (TPSA) is 43.6 Å². The number of nitrogens with zero attached hydrogens (tertiary/aromatic N) is 4. The van der Waals surface area contributed by atoms with E-state index in [1.807, 2.05) is 12.5 Å². The Hall–Kier alpha value is -0.690. The average Bonchev–Trinajstić information content (AvgIpc) is 3.12. The van der Waals surface area contributed by atoms with E-state index in [1.165, 1.54) is 12.8 Å². The number of aromatic nitrogens is 4. The van der Waals surface area contributed by atoms with Crippen molar-refractivity contribution in [2.24, 2.45) is 5.92 Å². The van der Waals surface area contributed by atoms with E-state index in [0.717, 1.165) is 21.4 Å². The molecule has 2 aromatic heterocycles. The Bertz CT molecular complexity index is 634. The molecule has 0 unspecified atom stereocenters. The standard InChI is InChI=1S/C14H16ClIN4/c1-8(2)5-10-12(16)13(15)19-14(18-10)11-6-17-7-20(11)9-3-4-9/h6-9H,3-5H2,1-2H3. The molecule has 0 aliphatic heterocycles. The predicted molar refractivity (Wildman–Crippen MR) is 87.8 cm³/mol. The van der Waals surface area contributed by atoms with Gasteiger partial charge in [-0.25, -0.2) is 15.0 Å². The Balaban J connectivity index is 2.04. The summed E-state index contributed by atoms with van der Waals surface area (Å²) in [6, 6.07) is 0.558. The first-order valence-corrected chi connectivity index (χ1v) is 8.26. The summed E-state index contributed by atoms with van der Waals surface area (Å²) in [5.41, 5.74) is 2.00. The highest BCUT2D eigenvalue weighted by Gasteiger charge is 2.27. The smallest absolute Gasteiger partial charge is 0.179 e. The molecule has 0 N–H and O–H groups in total. The molecule has 0 spiro atoms. The first kappa shape index (κ1) is 14.3. The highest BCUT2D eigenvalue weighted by atomic mass is 127. The lowest BCUT2D eigenvalue weighted by molar-refractivity contribution is 0.631. The summed E-state index contributed by atoms with van der Waals surface area (Å²) in [6.07, 6.45) is 7.02. The third kappa shape index (κ3) is 2.83. The van der Waals surface area contributed by atoms with Gasteiger partial charge in [-0.2, -0.15) is 0 Å². The molecule has 4 nitrogen and oxygen atoms in total. The van der Waals surface area contributed by atoms with E-state index in [-0.39, 0.29) is 0 Å². The van der Waals surface area contributed by atoms with Crippen LogP contribution in [0.25, 0.3) is 11.5 Å². The average molecular weight is 403 g/mol. The van der Waals surface area contributed by atoms with Gasteiger partial charge in [-0.05, 0) is 47.8 Å². The highest BCUT2D eigenvalue weighted by molar-refractivity contribution is 14.1. The first-order chi connectivity index (χ1) is 9.56. The van der Waals surface area contributed by atoms with Crippen molar-refractivity contribution in [1.82, 2.24) is 19.5 Å². The predicted octanol–water partition coefficient (Wildman–Crippen LogP) is 4.13. The monoisotopic (exact) mass is 402 g/mol. The van der Waals surface area contributed by atoms with E-state index in [9.17, 15) is 0 Å². The molecular formula is C14H16ClIN4. The minimum atomic E-state index is 0.537. The second-order valence-electron chi connectivity index (χ2n) is 5.61. The Morgan fingerprint density at radius 1 is 1.40 bits per heavy atom. The molecule has 20 heavy (non-hydrogen) atoms. The van der Waals surface area contributed by atoms with Gasteiger partial charge in [0.25, 0.3) is 0 Å². The molecule has 2 aromatic rings. The van der Waals surface area contributed by atoms with Gasteiger partial charge in [-0.1, -0.05) is 25.4 Å². The third-order valence-electron chi connectivity index (χ3n) is 3.32. The molecule has 0 saturated heterocycles. The molecule has 2 heterocycles. The fraction of sp³-hybridized carbons (Fsp3) is 0.500. The summed E-state index contributed by atoms with van der Waals surface area (Å²) in [7, 11) is 0. The van der Waals surface area contributed by atoms with Gasteiger partial charge in [-0.15, -0.1) is 0 Å². The Morgan fingerprint density at radius 2 is 2.15 bits per heavy atom. The molecule has 1 aliphatic carbocycles. The minimum absolute atomic E-state index is 0.537. The quantitative estimate of drug-likeness (QED) is 0.570. The van der Waals surface area contributed by atoms with Crippen LogP contribution in [0, 0.1) is 9.49 Å². The van der Waals surface area contributed by atoms with Gasteiger partial charge < -0.3 is 4.57 Å². The molecule has 0 amide bonds. The van der Waals surface area contributed by atoms with Gasteiger partial charge in [0.05, 0.1) is 21.8 Å². The van der Waals surface area contributed by atoms with E-state index >= 15 is 0 Å². The zero-order chi connectivity index (χ0) is 14.3. The van der Waals surface area contributed by atoms with Crippen molar-refractivity contribution < 1.29 is 0 Å². The number of rotatable bonds is 4. The molecule has 6 heteroatoms. The molecule has 0 bridgehead atoms. The van der Waals surface area contributed by atoms with Crippen LogP contribution in [-0.2, 0) is 6.42 Å². The van der Waals surface area contributed by atoms with Crippen molar-refractivity contribution in [3.63, 3.8) is 0 Å². The number of imidazole rings is 1. The summed E-state index contributed by atoms with van der Waals surface area (Å²) in [5.74, 6) is 1.23. The lowest BCUT2D eigenvalue weighted by atomic mass is 10.1. The molecular weight excluding hydrogens is 387 g/mol. The summed E-state index contributed by atoms with van der Waals surface area (Å²) in [5, 5.41) is 0.537. The van der Waals surface area contributed by atoms with Gasteiger partial charge >= 0.3 is 0 Å². The van der Waals surface area contributed by atoms with Crippen molar-refractivity contribution in [3.05, 3.63) is 26.9 Å². The zero-order valence-electron chi connectivity index (χ0n) is 11.5. The minimum Gasteiger partial charge on any atom is -0.325 e. The van der Waals surface area contributed by atoms with Crippen molar-refractivity contribution in [2.75, 3.05) is 0 Å². The second-order valence-corrected chi connectivity index (χ2v) is 7.05. The SMILES string of the molecule is CC(C)Cc1nc(-c2cncn2C2CC2)nc(Cl)c1I. The van der Waals surface area contributed by atoms with E-state index in [4.69, 9.17) is 16.6 Å². The molecule has 1 fully saturated rings. The van der Waals surface area contributed by atoms with Crippen LogP contribution in [0.4, 0.5) is 0 Å². The number of halogens is 2. The van der Waals surface area contributed by atoms with Gasteiger partial charge in [0.2, 0.25) is 0 Å². The van der Waals surface area contributed by atoms with E-state index in [1.54, 1.807) is 0 Å². The third-order valence-corrected chi connectivity index (χ3v) is 5.04. The second kappa shape index (κ2) is 5.60. The van der Waals surface area contributed by atoms with Crippen molar-refractivity contribution in [3.8, 4) is 11.5 Å². The van der Waals surface area contributed by atoms with Crippen LogP contribution in [0.1, 0.15) is 38.4 Å². The maximum Gasteiger partial charge on any atom is 0.179 e. The van der Waals surface area contributed by atoms with E-state index in [0.29, 0.717) is 22.9 Å². The molecule has 1 saturated carbocycles. The molecule has 0 atom stereocenters. The molecule has 1 aliphatic rings. The zero-order valence-corrected chi connectivity index (χ0v) is 14.4. The van der Waals surface area contributed by atoms with Gasteiger partial charge in [0, 0.05) is 6.04 Å². The van der Waals surface area contributed by atoms with Crippen LogP contribution in [0.5, 0.6) is 0 Å². The van der Waals surface area contributed by atoms with Crippen molar-refractivity contribution in [2.45, 2.75) is 39.2 Å². The normalized spacial score (nSPS) is 15.1. The fourth-order valence-corrected chi connectivity index (χ4v) is 2.87. The Labute approximate surface area is 137 Å². The molecule has 106 valence electrons. The first-order valence-electron chi connectivity index (χ1n) is 6.80. The van der Waals surface area contributed by atoms with Crippen LogP contribution < -0.4 is 0 Å². The van der Waals surface area contributed by atoms with Crippen molar-refractivity contribution >= 4 is 34.2 Å². The lowest BCUT2D eigenvalue weighted by Crippen LogP contribution is -2.06. The maximum atomic E-state index is 6.28.